The number of fused-ring (bicyclic) bond motifs is 1. The summed E-state index contributed by atoms with van der Waals surface area (Å²) in [6.45, 7) is 14.1. The first kappa shape index (κ1) is 19.8. The van der Waals surface area contributed by atoms with Crippen LogP contribution in [0.5, 0.6) is 0 Å². The number of aliphatic hydroxyl groups excluding tert-OH is 1. The van der Waals surface area contributed by atoms with Crippen LogP contribution in [0.4, 0.5) is 0 Å². The third-order valence-corrected chi connectivity index (χ3v) is 10.00. The molecule has 140 valence electrons. The Balaban J connectivity index is 2.35. The third-order valence-electron chi connectivity index (χ3n) is 5.48. The smallest absolute Gasteiger partial charge is 0.337 e. The molecule has 2 rings (SSSR count). The number of rotatable bonds is 3. The summed E-state index contributed by atoms with van der Waals surface area (Å²) in [4.78, 5) is 12.7. The van der Waals surface area contributed by atoms with Crippen molar-refractivity contribution < 1.29 is 28.5 Å². The van der Waals surface area contributed by atoms with Gasteiger partial charge in [0.2, 0.25) is 0 Å². The maximum atomic E-state index is 12.7. The number of ether oxygens (including phenoxy) is 3. The lowest BCUT2D eigenvalue weighted by molar-refractivity contribution is -0.176. The van der Waals surface area contributed by atoms with Gasteiger partial charge in [-0.3, -0.25) is 0 Å². The molecule has 0 amide bonds. The van der Waals surface area contributed by atoms with Gasteiger partial charge < -0.3 is 23.7 Å². The molecule has 1 heterocycles. The van der Waals surface area contributed by atoms with Gasteiger partial charge in [0.05, 0.1) is 19.3 Å². The first-order valence-corrected chi connectivity index (χ1v) is 11.5. The van der Waals surface area contributed by atoms with Crippen molar-refractivity contribution in [2.75, 3.05) is 7.11 Å². The van der Waals surface area contributed by atoms with Crippen LogP contribution in [0, 0.1) is 0 Å². The highest BCUT2D eigenvalue weighted by atomic mass is 28.4. The lowest BCUT2D eigenvalue weighted by Gasteiger charge is -2.48. The van der Waals surface area contributed by atoms with Crippen LogP contribution in [-0.2, 0) is 23.4 Å². The topological polar surface area (TPSA) is 74.2 Å². The van der Waals surface area contributed by atoms with E-state index in [4.69, 9.17) is 18.6 Å². The Morgan fingerprint density at radius 1 is 1.21 bits per heavy atom. The first-order chi connectivity index (χ1) is 10.7. The second-order valence-corrected chi connectivity index (χ2v) is 13.7. The van der Waals surface area contributed by atoms with E-state index in [1.807, 2.05) is 13.8 Å². The minimum atomic E-state index is -2.26. The molecule has 1 aliphatic heterocycles. The number of aliphatic hydroxyl groups is 1. The van der Waals surface area contributed by atoms with E-state index in [1.165, 1.54) is 7.11 Å². The second kappa shape index (κ2) is 6.05. The van der Waals surface area contributed by atoms with Crippen LogP contribution in [0.2, 0.25) is 18.1 Å². The van der Waals surface area contributed by atoms with Gasteiger partial charge in [-0.05, 0) is 32.0 Å². The standard InChI is InChI=1S/C17H32O6Si/c1-15(2,3)24(7,8)23-17(14(19)20-6)9-11(18)13-12(10-17)21-16(4,5)22-13/h11-13,18H,9-10H2,1-8H3/t11-,12-,13+,17-/m1/s1. The Bertz CT molecular complexity index is 498. The molecule has 1 saturated heterocycles. The van der Waals surface area contributed by atoms with Gasteiger partial charge >= 0.3 is 5.97 Å². The van der Waals surface area contributed by atoms with Crippen molar-refractivity contribution in [3.8, 4) is 0 Å². The van der Waals surface area contributed by atoms with E-state index in [0.717, 1.165) is 0 Å². The number of esters is 1. The number of methoxy groups -OCH3 is 1. The maximum Gasteiger partial charge on any atom is 0.337 e. The zero-order chi connectivity index (χ0) is 18.6. The minimum absolute atomic E-state index is 0.0673. The molecule has 2 fully saturated rings. The predicted octanol–water partition coefficient (Wildman–Crippen LogP) is 2.59. The lowest BCUT2D eigenvalue weighted by atomic mass is 9.80. The molecule has 0 spiro atoms. The zero-order valence-electron chi connectivity index (χ0n) is 16.1. The Hall–Kier alpha value is -0.473. The minimum Gasteiger partial charge on any atom is -0.467 e. The monoisotopic (exact) mass is 360 g/mol. The highest BCUT2D eigenvalue weighted by Gasteiger charge is 2.60. The largest absolute Gasteiger partial charge is 0.467 e. The maximum absolute atomic E-state index is 12.7. The van der Waals surface area contributed by atoms with Crippen molar-refractivity contribution in [1.82, 2.24) is 0 Å². The molecule has 0 aromatic heterocycles. The SMILES string of the molecule is COC(=O)[C@@]1(O[Si](C)(C)C(C)(C)C)C[C@@H](O)[C@@H]2OC(C)(C)O[C@@H]2C1. The fraction of sp³-hybridized carbons (Fsp3) is 0.941. The molecule has 2 aliphatic rings. The van der Waals surface area contributed by atoms with Crippen LogP contribution in [0.25, 0.3) is 0 Å². The lowest BCUT2D eigenvalue weighted by Crippen LogP contribution is -2.61. The van der Waals surface area contributed by atoms with Gasteiger partial charge in [-0.25, -0.2) is 4.79 Å². The predicted molar refractivity (Wildman–Crippen MR) is 92.1 cm³/mol. The van der Waals surface area contributed by atoms with Crippen LogP contribution < -0.4 is 0 Å². The molecule has 6 nitrogen and oxygen atoms in total. The summed E-state index contributed by atoms with van der Waals surface area (Å²) >= 11 is 0. The Kier molecular flexibility index (Phi) is 5.01. The van der Waals surface area contributed by atoms with Gasteiger partial charge in [0, 0.05) is 12.8 Å². The van der Waals surface area contributed by atoms with E-state index in [9.17, 15) is 9.90 Å². The average Bonchev–Trinajstić information content (AvgIpc) is 2.70. The van der Waals surface area contributed by atoms with E-state index in [2.05, 4.69) is 33.9 Å². The number of hydrogen-bond acceptors (Lipinski definition) is 6. The number of hydrogen-bond donors (Lipinski definition) is 1. The van der Waals surface area contributed by atoms with E-state index in [-0.39, 0.29) is 11.5 Å². The van der Waals surface area contributed by atoms with E-state index in [0.29, 0.717) is 6.42 Å². The molecule has 0 radical (unpaired) electrons. The summed E-state index contributed by atoms with van der Waals surface area (Å²) in [6, 6.07) is 0. The Labute approximate surface area is 145 Å². The van der Waals surface area contributed by atoms with E-state index in [1.54, 1.807) is 0 Å². The molecule has 7 heteroatoms. The summed E-state index contributed by atoms with van der Waals surface area (Å²) in [5.74, 6) is -1.22. The molecule has 1 saturated carbocycles. The quantitative estimate of drug-likeness (QED) is 0.616. The third kappa shape index (κ3) is 3.55. The first-order valence-electron chi connectivity index (χ1n) is 8.55. The van der Waals surface area contributed by atoms with Crippen LogP contribution in [-0.4, -0.2) is 56.2 Å². The van der Waals surface area contributed by atoms with Crippen molar-refractivity contribution in [2.45, 2.75) is 95.3 Å². The van der Waals surface area contributed by atoms with Crippen LogP contribution in [0.15, 0.2) is 0 Å². The second-order valence-electron chi connectivity index (χ2n) is 8.96. The molecule has 0 aromatic rings. The molecule has 4 atom stereocenters. The van der Waals surface area contributed by atoms with Gasteiger partial charge in [0.25, 0.3) is 0 Å². The van der Waals surface area contributed by atoms with Crippen molar-refractivity contribution in [3.63, 3.8) is 0 Å². The summed E-state index contributed by atoms with van der Waals surface area (Å²) in [5.41, 5.74) is -1.19. The fourth-order valence-corrected chi connectivity index (χ4v) is 4.86. The highest BCUT2D eigenvalue weighted by Crippen LogP contribution is 2.47. The Morgan fingerprint density at radius 2 is 1.79 bits per heavy atom. The Morgan fingerprint density at radius 3 is 2.29 bits per heavy atom. The number of carbonyl (C=O) groups is 1. The molecular formula is C17H32O6Si. The number of carbonyl (C=O) groups excluding carboxylic acids is 1. The molecule has 0 aromatic carbocycles. The van der Waals surface area contributed by atoms with E-state index >= 15 is 0 Å². The van der Waals surface area contributed by atoms with E-state index < -0.39 is 44.0 Å². The molecule has 1 aliphatic carbocycles. The summed E-state index contributed by atoms with van der Waals surface area (Å²) in [5, 5.41) is 10.5. The van der Waals surface area contributed by atoms with Crippen molar-refractivity contribution in [1.29, 1.82) is 0 Å². The summed E-state index contributed by atoms with van der Waals surface area (Å²) in [7, 11) is -0.907. The van der Waals surface area contributed by atoms with Gasteiger partial charge in [0.1, 0.15) is 6.10 Å². The molecular weight excluding hydrogens is 328 g/mol. The van der Waals surface area contributed by atoms with Crippen molar-refractivity contribution in [3.05, 3.63) is 0 Å². The van der Waals surface area contributed by atoms with Gasteiger partial charge in [0.15, 0.2) is 19.7 Å². The van der Waals surface area contributed by atoms with Crippen LogP contribution in [0.1, 0.15) is 47.5 Å². The van der Waals surface area contributed by atoms with Gasteiger partial charge in [-0.15, -0.1) is 0 Å². The normalized spacial score (nSPS) is 36.3. The van der Waals surface area contributed by atoms with Crippen LogP contribution in [0.3, 0.4) is 0 Å². The van der Waals surface area contributed by atoms with Crippen LogP contribution >= 0.6 is 0 Å². The molecule has 0 bridgehead atoms. The fourth-order valence-electron chi connectivity index (χ4n) is 3.33. The van der Waals surface area contributed by atoms with Gasteiger partial charge in [-0.1, -0.05) is 20.8 Å². The molecule has 24 heavy (non-hydrogen) atoms. The average molecular weight is 361 g/mol. The van der Waals surface area contributed by atoms with Crippen molar-refractivity contribution in [2.24, 2.45) is 0 Å². The van der Waals surface area contributed by atoms with Crippen molar-refractivity contribution >= 4 is 14.3 Å². The summed E-state index contributed by atoms with van der Waals surface area (Å²) in [6.07, 6.45) is -1.19. The molecule has 1 N–H and O–H groups in total. The van der Waals surface area contributed by atoms with Gasteiger partial charge in [-0.2, -0.15) is 0 Å². The molecule has 0 unspecified atom stereocenters. The highest BCUT2D eigenvalue weighted by molar-refractivity contribution is 6.74. The summed E-state index contributed by atoms with van der Waals surface area (Å²) < 4.78 is 23.3. The zero-order valence-corrected chi connectivity index (χ0v) is 17.1.